The van der Waals surface area contributed by atoms with Crippen LogP contribution >= 0.6 is 11.6 Å². The maximum atomic E-state index is 12.6. The van der Waals surface area contributed by atoms with Gasteiger partial charge < -0.3 is 15.3 Å². The first-order valence-electron chi connectivity index (χ1n) is 19.2. The van der Waals surface area contributed by atoms with E-state index < -0.39 is 16.1 Å². The number of rotatable bonds is 10. The van der Waals surface area contributed by atoms with E-state index in [0.29, 0.717) is 36.6 Å². The number of halogens is 1. The monoisotopic (exact) mass is 774 g/mol. The Hall–Kier alpha value is -4.47. The van der Waals surface area contributed by atoms with Gasteiger partial charge in [0.1, 0.15) is 0 Å². The molecule has 0 bridgehead atoms. The second-order valence-corrected chi connectivity index (χ2v) is 17.2. The largest absolute Gasteiger partial charge is 0.387 e. The smallest absolute Gasteiger partial charge is 0.211 e. The van der Waals surface area contributed by atoms with Gasteiger partial charge in [-0.1, -0.05) is 84.1 Å². The first kappa shape index (κ1) is 37.5. The van der Waals surface area contributed by atoms with Crippen molar-refractivity contribution in [3.05, 3.63) is 141 Å². The van der Waals surface area contributed by atoms with Gasteiger partial charge in [-0.3, -0.25) is 9.58 Å². The summed E-state index contributed by atoms with van der Waals surface area (Å²) in [5, 5.41) is 19.9. The van der Waals surface area contributed by atoms with Gasteiger partial charge in [0.05, 0.1) is 23.1 Å². The molecule has 284 valence electrons. The molecule has 2 aliphatic heterocycles. The maximum Gasteiger partial charge on any atom is 0.211 e. The molecule has 5 aromatic rings. The lowest BCUT2D eigenvalue weighted by Gasteiger charge is -2.36. The molecule has 1 aliphatic carbocycles. The first-order chi connectivity index (χ1) is 26.7. The van der Waals surface area contributed by atoms with Crippen LogP contribution in [-0.2, 0) is 42.5 Å². The number of benzene rings is 4. The van der Waals surface area contributed by atoms with Gasteiger partial charge in [0.25, 0.3) is 0 Å². The Morgan fingerprint density at radius 3 is 2.42 bits per heavy atom. The number of nitrogens with zero attached hydrogens (tertiary/aromatic N) is 5. The lowest BCUT2D eigenvalue weighted by atomic mass is 10.0. The zero-order chi connectivity index (χ0) is 37.9. The number of aryl methyl sites for hydroxylation is 1. The van der Waals surface area contributed by atoms with Crippen molar-refractivity contribution < 1.29 is 13.5 Å². The Morgan fingerprint density at radius 1 is 0.891 bits per heavy atom. The third kappa shape index (κ3) is 8.53. The summed E-state index contributed by atoms with van der Waals surface area (Å²) in [5.74, 6) is 6.55. The zero-order valence-corrected chi connectivity index (χ0v) is 32.7. The number of sulfonamides is 1. The molecule has 2 N–H and O–H groups in total. The quantitative estimate of drug-likeness (QED) is 0.171. The lowest BCUT2D eigenvalue weighted by Crippen LogP contribution is -2.46. The number of piperazine rings is 1. The van der Waals surface area contributed by atoms with Gasteiger partial charge in [0.15, 0.2) is 0 Å². The molecule has 0 saturated carbocycles. The van der Waals surface area contributed by atoms with Gasteiger partial charge >= 0.3 is 0 Å². The number of nitrogens with one attached hydrogen (secondary N) is 1. The molecule has 0 spiro atoms. The number of para-hydroxylation sites is 1. The van der Waals surface area contributed by atoms with E-state index >= 15 is 0 Å². The Balaban J connectivity index is 0.944. The maximum absolute atomic E-state index is 12.6. The summed E-state index contributed by atoms with van der Waals surface area (Å²) in [6, 6.07) is 32.6. The molecular formula is C44H47ClN6O3S. The van der Waals surface area contributed by atoms with Crippen LogP contribution in [-0.4, -0.2) is 84.1 Å². The molecule has 1 fully saturated rings. The standard InChI is InChI=1S/C44H47ClN6O3S/c1-55(53,54)50-23-20-42-39(31-50)43(47-51(42)22-7-21-48-24-26-49(27-25-48)37-9-3-2-4-10-37)36-18-19-40(45)35(28-36)17-16-32-12-14-33(15-13-32)30-46-41-29-34-8-5-6-11-38(34)44(41)52/h2-6,8-15,18-19,28,41,44,46,52H,7,20-27,29-31H2,1H3/t41-,44+/m0/s1. The van der Waals surface area contributed by atoms with E-state index in [9.17, 15) is 13.5 Å². The Bertz CT molecular complexity index is 2310. The third-order valence-electron chi connectivity index (χ3n) is 11.2. The van der Waals surface area contributed by atoms with Crippen molar-refractivity contribution in [3.8, 4) is 23.1 Å². The second-order valence-electron chi connectivity index (χ2n) is 14.8. The molecule has 8 rings (SSSR count). The minimum atomic E-state index is -3.37. The molecule has 0 amide bonds. The van der Waals surface area contributed by atoms with Crippen molar-refractivity contribution >= 4 is 27.3 Å². The number of aromatic nitrogens is 2. The molecule has 11 heteroatoms. The molecule has 0 unspecified atom stereocenters. The van der Waals surface area contributed by atoms with E-state index in [1.54, 1.807) is 4.31 Å². The predicted octanol–water partition coefficient (Wildman–Crippen LogP) is 5.88. The van der Waals surface area contributed by atoms with Crippen LogP contribution in [0.4, 0.5) is 5.69 Å². The van der Waals surface area contributed by atoms with Crippen molar-refractivity contribution in [2.75, 3.05) is 50.4 Å². The van der Waals surface area contributed by atoms with E-state index in [1.807, 2.05) is 48.5 Å². The molecule has 3 heterocycles. The van der Waals surface area contributed by atoms with E-state index in [-0.39, 0.29) is 6.04 Å². The number of aliphatic hydroxyl groups is 1. The molecule has 1 saturated heterocycles. The topological polar surface area (TPSA) is 93.9 Å². The highest BCUT2D eigenvalue weighted by molar-refractivity contribution is 7.88. The summed E-state index contributed by atoms with van der Waals surface area (Å²) >= 11 is 6.69. The fourth-order valence-corrected chi connectivity index (χ4v) is 9.05. The van der Waals surface area contributed by atoms with Crippen LogP contribution in [0.1, 0.15) is 51.6 Å². The van der Waals surface area contributed by atoms with Crippen LogP contribution < -0.4 is 10.2 Å². The van der Waals surface area contributed by atoms with Crippen molar-refractivity contribution in [3.63, 3.8) is 0 Å². The Morgan fingerprint density at radius 2 is 1.65 bits per heavy atom. The Kier molecular flexibility index (Phi) is 11.1. The van der Waals surface area contributed by atoms with Gasteiger partial charge in [-0.25, -0.2) is 8.42 Å². The average molecular weight is 775 g/mol. The number of hydrogen-bond acceptors (Lipinski definition) is 7. The van der Waals surface area contributed by atoms with Gasteiger partial charge in [-0.05, 0) is 65.9 Å². The van der Waals surface area contributed by atoms with Gasteiger partial charge in [-0.2, -0.15) is 9.40 Å². The highest BCUT2D eigenvalue weighted by Gasteiger charge is 2.31. The van der Waals surface area contributed by atoms with Crippen LogP contribution in [0.25, 0.3) is 11.3 Å². The molecule has 55 heavy (non-hydrogen) atoms. The summed E-state index contributed by atoms with van der Waals surface area (Å²) in [5.41, 5.74) is 9.87. The predicted molar refractivity (Wildman–Crippen MR) is 219 cm³/mol. The fourth-order valence-electron chi connectivity index (χ4n) is 8.10. The molecule has 3 aliphatic rings. The van der Waals surface area contributed by atoms with Crippen molar-refractivity contribution in [2.24, 2.45) is 0 Å². The average Bonchev–Trinajstić information content (AvgIpc) is 3.74. The second kappa shape index (κ2) is 16.3. The molecule has 4 aromatic carbocycles. The van der Waals surface area contributed by atoms with E-state index in [2.05, 4.69) is 80.2 Å². The molecular weight excluding hydrogens is 728 g/mol. The molecule has 9 nitrogen and oxygen atoms in total. The van der Waals surface area contributed by atoms with Gasteiger partial charge in [-0.15, -0.1) is 0 Å². The van der Waals surface area contributed by atoms with E-state index in [4.69, 9.17) is 16.7 Å². The number of fused-ring (bicyclic) bond motifs is 2. The van der Waals surface area contributed by atoms with Crippen LogP contribution in [0.2, 0.25) is 5.02 Å². The minimum Gasteiger partial charge on any atom is -0.387 e. The number of anilines is 1. The van der Waals surface area contributed by atoms with Crippen molar-refractivity contribution in [1.82, 2.24) is 24.3 Å². The van der Waals surface area contributed by atoms with E-state index in [1.165, 1.54) is 17.5 Å². The summed E-state index contributed by atoms with van der Waals surface area (Å²) in [6.45, 7) is 7.22. The first-order valence-corrected chi connectivity index (χ1v) is 21.4. The third-order valence-corrected chi connectivity index (χ3v) is 12.8. The van der Waals surface area contributed by atoms with Gasteiger partial charge in [0.2, 0.25) is 10.0 Å². The highest BCUT2D eigenvalue weighted by atomic mass is 35.5. The minimum absolute atomic E-state index is 0.00960. The van der Waals surface area contributed by atoms with Gasteiger partial charge in [0, 0.05) is 105 Å². The van der Waals surface area contributed by atoms with Crippen molar-refractivity contribution in [2.45, 2.75) is 51.0 Å². The van der Waals surface area contributed by atoms with Crippen LogP contribution in [0.3, 0.4) is 0 Å². The summed E-state index contributed by atoms with van der Waals surface area (Å²) in [6.07, 6.45) is 3.16. The number of hydrogen-bond donors (Lipinski definition) is 2. The highest BCUT2D eigenvalue weighted by Crippen LogP contribution is 2.34. The van der Waals surface area contributed by atoms with Crippen LogP contribution in [0.15, 0.2) is 97.1 Å². The SMILES string of the molecule is CS(=O)(=O)N1CCc2c(c(-c3ccc(Cl)c(C#Cc4ccc(CN[C@H]5Cc6ccccc6[C@H]5O)cc4)c3)nn2CCCN2CCN(c3ccccc3)CC2)C1. The Labute approximate surface area is 329 Å². The zero-order valence-electron chi connectivity index (χ0n) is 31.2. The molecule has 2 atom stereocenters. The normalized spacial score (nSPS) is 18.8. The van der Waals surface area contributed by atoms with Crippen LogP contribution in [0.5, 0.6) is 0 Å². The lowest BCUT2D eigenvalue weighted by molar-refractivity contribution is 0.141. The molecule has 0 radical (unpaired) electrons. The summed E-state index contributed by atoms with van der Waals surface area (Å²) in [4.78, 5) is 4.97. The van der Waals surface area contributed by atoms with E-state index in [0.717, 1.165) is 91.3 Å². The summed E-state index contributed by atoms with van der Waals surface area (Å²) < 4.78 is 28.9. The number of aliphatic hydroxyl groups excluding tert-OH is 1. The van der Waals surface area contributed by atoms with Crippen LogP contribution in [0, 0.1) is 11.8 Å². The fraction of sp³-hybridized carbons (Fsp3) is 0.341. The van der Waals surface area contributed by atoms with Crippen molar-refractivity contribution in [1.29, 1.82) is 0 Å². The molecule has 1 aromatic heterocycles. The summed E-state index contributed by atoms with van der Waals surface area (Å²) in [7, 11) is -3.37.